The molecule has 0 saturated heterocycles. The molecular formula is C10H13O3P. The number of hydrogen-bond acceptors (Lipinski definition) is 3. The molecule has 0 aliphatic heterocycles. The standard InChI is InChI=1S/C10H13O3P/c1-2-9(11)10(13-14-12)8-6-4-3-5-7-8/h2-7,9-11H,1,14H2. The van der Waals surface area contributed by atoms with Gasteiger partial charge in [-0.2, -0.15) is 0 Å². The summed E-state index contributed by atoms with van der Waals surface area (Å²) in [5.41, 5.74) is 0.795. The van der Waals surface area contributed by atoms with Crippen molar-refractivity contribution in [2.24, 2.45) is 0 Å². The molecule has 1 rings (SSSR count). The molecule has 0 aliphatic carbocycles. The van der Waals surface area contributed by atoms with Gasteiger partial charge in [-0.15, -0.1) is 6.58 Å². The van der Waals surface area contributed by atoms with E-state index in [-0.39, 0.29) is 0 Å². The summed E-state index contributed by atoms with van der Waals surface area (Å²) in [4.78, 5) is 0. The second-order valence-corrected chi connectivity index (χ2v) is 3.25. The predicted octanol–water partition coefficient (Wildman–Crippen LogP) is 1.96. The quantitative estimate of drug-likeness (QED) is 0.599. The van der Waals surface area contributed by atoms with Crippen molar-refractivity contribution in [2.45, 2.75) is 12.2 Å². The van der Waals surface area contributed by atoms with Gasteiger partial charge in [0.25, 0.3) is 0 Å². The van der Waals surface area contributed by atoms with Gasteiger partial charge in [-0.1, -0.05) is 36.4 Å². The van der Waals surface area contributed by atoms with Gasteiger partial charge in [-0.05, 0) is 5.56 Å². The molecule has 1 N–H and O–H groups in total. The Labute approximate surface area is 84.3 Å². The molecule has 14 heavy (non-hydrogen) atoms. The van der Waals surface area contributed by atoms with Crippen LogP contribution < -0.4 is 0 Å². The molecular weight excluding hydrogens is 199 g/mol. The van der Waals surface area contributed by atoms with Crippen LogP contribution in [0.25, 0.3) is 0 Å². The van der Waals surface area contributed by atoms with Crippen molar-refractivity contribution >= 4 is 8.69 Å². The number of aliphatic hydroxyl groups is 1. The van der Waals surface area contributed by atoms with Crippen molar-refractivity contribution < 1.29 is 14.2 Å². The van der Waals surface area contributed by atoms with Gasteiger partial charge in [0.05, 0.1) is 0 Å². The molecule has 0 saturated carbocycles. The molecule has 0 radical (unpaired) electrons. The van der Waals surface area contributed by atoms with Crippen LogP contribution in [0.4, 0.5) is 0 Å². The topological polar surface area (TPSA) is 46.5 Å². The van der Waals surface area contributed by atoms with Crippen LogP contribution in [0.15, 0.2) is 43.0 Å². The lowest BCUT2D eigenvalue weighted by Gasteiger charge is -2.18. The Kier molecular flexibility index (Phi) is 4.60. The average Bonchev–Trinajstić information content (AvgIpc) is 2.26. The summed E-state index contributed by atoms with van der Waals surface area (Å²) >= 11 is 0. The van der Waals surface area contributed by atoms with Gasteiger partial charge in [0.1, 0.15) is 12.2 Å². The van der Waals surface area contributed by atoms with E-state index in [2.05, 4.69) is 6.58 Å². The van der Waals surface area contributed by atoms with Crippen molar-refractivity contribution in [1.29, 1.82) is 0 Å². The van der Waals surface area contributed by atoms with E-state index in [1.165, 1.54) is 6.08 Å². The van der Waals surface area contributed by atoms with Gasteiger partial charge in [-0.3, -0.25) is 4.57 Å². The van der Waals surface area contributed by atoms with E-state index in [9.17, 15) is 9.67 Å². The summed E-state index contributed by atoms with van der Waals surface area (Å²) in [6, 6.07) is 9.16. The Balaban J connectivity index is 2.87. The molecule has 76 valence electrons. The maximum atomic E-state index is 10.4. The van der Waals surface area contributed by atoms with Crippen LogP contribution in [-0.2, 0) is 9.09 Å². The lowest BCUT2D eigenvalue weighted by atomic mass is 10.1. The summed E-state index contributed by atoms with van der Waals surface area (Å²) < 4.78 is 15.4. The summed E-state index contributed by atoms with van der Waals surface area (Å²) in [6.07, 6.45) is -0.0488. The first-order valence-corrected chi connectivity index (χ1v) is 5.18. The van der Waals surface area contributed by atoms with Crippen LogP contribution in [0.2, 0.25) is 0 Å². The van der Waals surface area contributed by atoms with E-state index in [4.69, 9.17) is 4.52 Å². The normalized spacial score (nSPS) is 15.5. The third-order valence-electron chi connectivity index (χ3n) is 1.88. The van der Waals surface area contributed by atoms with E-state index in [0.29, 0.717) is 0 Å². The van der Waals surface area contributed by atoms with Crippen LogP contribution in [0.5, 0.6) is 0 Å². The van der Waals surface area contributed by atoms with E-state index >= 15 is 0 Å². The van der Waals surface area contributed by atoms with Crippen molar-refractivity contribution in [3.63, 3.8) is 0 Å². The number of benzene rings is 1. The maximum Gasteiger partial charge on any atom is 0.180 e. The Hall–Kier alpha value is -0.890. The van der Waals surface area contributed by atoms with Crippen LogP contribution in [0.3, 0.4) is 0 Å². The van der Waals surface area contributed by atoms with Gasteiger partial charge in [0, 0.05) is 0 Å². The highest BCUT2D eigenvalue weighted by Crippen LogP contribution is 2.25. The Morgan fingerprint density at radius 3 is 2.57 bits per heavy atom. The molecule has 1 aromatic rings. The molecule has 0 aromatic heterocycles. The first-order valence-electron chi connectivity index (χ1n) is 4.24. The predicted molar refractivity (Wildman–Crippen MR) is 56.9 cm³/mol. The maximum absolute atomic E-state index is 10.4. The van der Waals surface area contributed by atoms with Crippen molar-refractivity contribution in [3.05, 3.63) is 48.6 Å². The monoisotopic (exact) mass is 212 g/mol. The highest BCUT2D eigenvalue weighted by atomic mass is 31.1. The van der Waals surface area contributed by atoms with Gasteiger partial charge < -0.3 is 9.63 Å². The Morgan fingerprint density at radius 2 is 2.07 bits per heavy atom. The average molecular weight is 212 g/mol. The second kappa shape index (κ2) is 5.76. The second-order valence-electron chi connectivity index (χ2n) is 2.79. The summed E-state index contributed by atoms with van der Waals surface area (Å²) in [7, 11) is -1.34. The third-order valence-corrected chi connectivity index (χ3v) is 2.29. The third kappa shape index (κ3) is 2.81. The smallest absolute Gasteiger partial charge is 0.180 e. The minimum atomic E-state index is -1.34. The summed E-state index contributed by atoms with van der Waals surface area (Å²) in [6.45, 7) is 3.47. The van der Waals surface area contributed by atoms with Gasteiger partial charge in [0.15, 0.2) is 8.69 Å². The zero-order valence-electron chi connectivity index (χ0n) is 7.67. The lowest BCUT2D eigenvalue weighted by Crippen LogP contribution is -2.15. The molecule has 0 fully saturated rings. The van der Waals surface area contributed by atoms with Crippen LogP contribution >= 0.6 is 8.69 Å². The van der Waals surface area contributed by atoms with Gasteiger partial charge in [0.2, 0.25) is 0 Å². The number of hydrogen-bond donors (Lipinski definition) is 1. The fourth-order valence-electron chi connectivity index (χ4n) is 1.18. The minimum Gasteiger partial charge on any atom is -0.386 e. The van der Waals surface area contributed by atoms with Crippen molar-refractivity contribution in [1.82, 2.24) is 0 Å². The molecule has 0 spiro atoms. The molecule has 3 nitrogen and oxygen atoms in total. The highest BCUT2D eigenvalue weighted by molar-refractivity contribution is 7.17. The summed E-state index contributed by atoms with van der Waals surface area (Å²) in [5, 5.41) is 9.53. The molecule has 3 unspecified atom stereocenters. The molecule has 0 heterocycles. The molecule has 0 aliphatic rings. The number of rotatable bonds is 5. The number of aliphatic hydroxyl groups excluding tert-OH is 1. The van der Waals surface area contributed by atoms with Crippen molar-refractivity contribution in [3.8, 4) is 0 Å². The van der Waals surface area contributed by atoms with Gasteiger partial charge >= 0.3 is 0 Å². The first-order chi connectivity index (χ1) is 6.79. The van der Waals surface area contributed by atoms with Crippen molar-refractivity contribution in [2.75, 3.05) is 0 Å². The fourth-order valence-corrected chi connectivity index (χ4v) is 1.62. The highest BCUT2D eigenvalue weighted by Gasteiger charge is 2.18. The van der Waals surface area contributed by atoms with Gasteiger partial charge in [-0.25, -0.2) is 0 Å². The molecule has 4 heteroatoms. The molecule has 3 atom stereocenters. The van der Waals surface area contributed by atoms with Crippen LogP contribution in [0.1, 0.15) is 11.7 Å². The minimum absolute atomic E-state index is 0.582. The molecule has 0 bridgehead atoms. The van der Waals surface area contributed by atoms with E-state index in [1.54, 1.807) is 0 Å². The first kappa shape index (κ1) is 11.2. The summed E-state index contributed by atoms with van der Waals surface area (Å²) in [5.74, 6) is 0. The molecule has 0 amide bonds. The Morgan fingerprint density at radius 1 is 1.43 bits per heavy atom. The zero-order chi connectivity index (χ0) is 10.4. The van der Waals surface area contributed by atoms with Crippen LogP contribution in [-0.4, -0.2) is 11.2 Å². The lowest BCUT2D eigenvalue weighted by molar-refractivity contribution is 0.0766. The SMILES string of the molecule is C=CC(O)C(O[PH2]=O)c1ccccc1. The Bertz CT molecular complexity index is 299. The largest absolute Gasteiger partial charge is 0.386 e. The van der Waals surface area contributed by atoms with E-state index in [1.807, 2.05) is 30.3 Å². The van der Waals surface area contributed by atoms with E-state index in [0.717, 1.165) is 5.56 Å². The molecule has 1 aromatic carbocycles. The fraction of sp³-hybridized carbons (Fsp3) is 0.200. The zero-order valence-corrected chi connectivity index (χ0v) is 8.82. The van der Waals surface area contributed by atoms with E-state index < -0.39 is 20.9 Å². The van der Waals surface area contributed by atoms with Crippen LogP contribution in [0, 0.1) is 0 Å².